The number of aliphatic hydroxyl groups is 1. The fraction of sp³-hybridized carbons (Fsp3) is 0.750. The summed E-state index contributed by atoms with van der Waals surface area (Å²) >= 11 is 0. The lowest BCUT2D eigenvalue weighted by atomic mass is 9.94. The molecule has 0 rings (SSSR count). The van der Waals surface area contributed by atoms with E-state index in [-0.39, 0.29) is 19.1 Å². The summed E-state index contributed by atoms with van der Waals surface area (Å²) in [5.41, 5.74) is -0.996. The van der Waals surface area contributed by atoms with Crippen molar-refractivity contribution in [3.63, 3.8) is 0 Å². The van der Waals surface area contributed by atoms with E-state index in [0.717, 1.165) is 0 Å². The van der Waals surface area contributed by atoms with Crippen LogP contribution in [0, 0.1) is 16.7 Å². The Morgan fingerprint density at radius 3 is 2.50 bits per heavy atom. The van der Waals surface area contributed by atoms with Gasteiger partial charge in [-0.15, -0.1) is 0 Å². The zero-order valence-electron chi connectivity index (χ0n) is 7.66. The average Bonchev–Trinajstić information content (AvgIpc) is 2.03. The molecule has 0 bridgehead atoms. The third kappa shape index (κ3) is 2.51. The molecule has 4 heteroatoms. The summed E-state index contributed by atoms with van der Waals surface area (Å²) in [7, 11) is 1.57. The Hall–Kier alpha value is -1.08. The van der Waals surface area contributed by atoms with E-state index in [0.29, 0.717) is 0 Å². The summed E-state index contributed by atoms with van der Waals surface area (Å²) < 4.78 is 0. The summed E-state index contributed by atoms with van der Waals surface area (Å²) in [4.78, 5) is 12.7. The van der Waals surface area contributed by atoms with Crippen molar-refractivity contribution in [2.75, 3.05) is 20.2 Å². The highest BCUT2D eigenvalue weighted by Crippen LogP contribution is 2.15. The highest BCUT2D eigenvalue weighted by molar-refractivity contribution is 5.84. The summed E-state index contributed by atoms with van der Waals surface area (Å²) in [5.74, 6) is -0.265. The normalized spacial score (nSPS) is 10.6. The predicted molar refractivity (Wildman–Crippen MR) is 44.1 cm³/mol. The topological polar surface area (TPSA) is 64.3 Å². The number of nitriles is 1. The zero-order valence-corrected chi connectivity index (χ0v) is 7.66. The lowest BCUT2D eigenvalue weighted by molar-refractivity contribution is -0.136. The van der Waals surface area contributed by atoms with Gasteiger partial charge in [0.1, 0.15) is 5.41 Å². The van der Waals surface area contributed by atoms with Gasteiger partial charge in [0.2, 0.25) is 5.91 Å². The fourth-order valence-electron chi connectivity index (χ4n) is 0.777. The van der Waals surface area contributed by atoms with Crippen LogP contribution in [0.5, 0.6) is 0 Å². The Balaban J connectivity index is 4.31. The highest BCUT2D eigenvalue weighted by Gasteiger charge is 2.29. The predicted octanol–water partition coefficient (Wildman–Crippen LogP) is -0.0131. The molecule has 0 saturated heterocycles. The minimum Gasteiger partial charge on any atom is -0.395 e. The molecule has 0 fully saturated rings. The first kappa shape index (κ1) is 10.9. The number of carbonyl (C=O) groups is 1. The molecule has 0 spiro atoms. The van der Waals surface area contributed by atoms with E-state index in [9.17, 15) is 4.79 Å². The Morgan fingerprint density at radius 2 is 2.17 bits per heavy atom. The van der Waals surface area contributed by atoms with E-state index in [2.05, 4.69) is 0 Å². The summed E-state index contributed by atoms with van der Waals surface area (Å²) in [5, 5.41) is 17.2. The number of rotatable bonds is 3. The first-order valence-electron chi connectivity index (χ1n) is 3.73. The van der Waals surface area contributed by atoms with Crippen LogP contribution in [0.2, 0.25) is 0 Å². The van der Waals surface area contributed by atoms with Crippen molar-refractivity contribution >= 4 is 5.91 Å². The molecule has 0 aliphatic rings. The van der Waals surface area contributed by atoms with Crippen molar-refractivity contribution in [2.24, 2.45) is 5.41 Å². The van der Waals surface area contributed by atoms with E-state index < -0.39 is 5.41 Å². The quantitative estimate of drug-likeness (QED) is 0.647. The van der Waals surface area contributed by atoms with Gasteiger partial charge in [-0.1, -0.05) is 0 Å². The monoisotopic (exact) mass is 170 g/mol. The molecule has 0 aromatic carbocycles. The molecule has 0 aliphatic heterocycles. The van der Waals surface area contributed by atoms with Crippen LogP contribution in [0.3, 0.4) is 0 Å². The van der Waals surface area contributed by atoms with Gasteiger partial charge in [-0.05, 0) is 13.8 Å². The molecule has 0 saturated carbocycles. The molecule has 12 heavy (non-hydrogen) atoms. The first-order chi connectivity index (χ1) is 5.45. The fourth-order valence-corrected chi connectivity index (χ4v) is 0.777. The molecule has 0 aliphatic carbocycles. The van der Waals surface area contributed by atoms with Gasteiger partial charge < -0.3 is 10.0 Å². The van der Waals surface area contributed by atoms with Crippen LogP contribution in [0.25, 0.3) is 0 Å². The Morgan fingerprint density at radius 1 is 1.67 bits per heavy atom. The highest BCUT2D eigenvalue weighted by atomic mass is 16.3. The van der Waals surface area contributed by atoms with Gasteiger partial charge in [-0.25, -0.2) is 0 Å². The van der Waals surface area contributed by atoms with Crippen molar-refractivity contribution < 1.29 is 9.90 Å². The number of nitrogens with zero attached hydrogens (tertiary/aromatic N) is 2. The van der Waals surface area contributed by atoms with Crippen molar-refractivity contribution in [1.82, 2.24) is 4.90 Å². The molecule has 0 unspecified atom stereocenters. The van der Waals surface area contributed by atoms with Crippen LogP contribution in [0.1, 0.15) is 13.8 Å². The number of carbonyl (C=O) groups excluding carboxylic acids is 1. The van der Waals surface area contributed by atoms with Crippen LogP contribution >= 0.6 is 0 Å². The van der Waals surface area contributed by atoms with Crippen molar-refractivity contribution in [2.45, 2.75) is 13.8 Å². The van der Waals surface area contributed by atoms with Gasteiger partial charge in [0.15, 0.2) is 0 Å². The number of aliphatic hydroxyl groups excluding tert-OH is 1. The van der Waals surface area contributed by atoms with Gasteiger partial charge >= 0.3 is 0 Å². The second-order valence-electron chi connectivity index (χ2n) is 3.19. The maximum Gasteiger partial charge on any atom is 0.242 e. The smallest absolute Gasteiger partial charge is 0.242 e. The van der Waals surface area contributed by atoms with Crippen LogP contribution in [0.15, 0.2) is 0 Å². The lowest BCUT2D eigenvalue weighted by Gasteiger charge is -2.22. The summed E-state index contributed by atoms with van der Waals surface area (Å²) in [6, 6.07) is 1.91. The van der Waals surface area contributed by atoms with Crippen molar-refractivity contribution in [3.8, 4) is 6.07 Å². The SMILES string of the molecule is CN(CCO)C(=O)C(C)(C)C#N. The van der Waals surface area contributed by atoms with Crippen molar-refractivity contribution in [3.05, 3.63) is 0 Å². The molecule has 0 atom stereocenters. The van der Waals surface area contributed by atoms with E-state index >= 15 is 0 Å². The van der Waals surface area contributed by atoms with Crippen molar-refractivity contribution in [1.29, 1.82) is 5.26 Å². The molecule has 1 N–H and O–H groups in total. The number of likely N-dealkylation sites (N-methyl/N-ethyl adjacent to an activating group) is 1. The molecular formula is C8H14N2O2. The maximum atomic E-state index is 11.4. The van der Waals surface area contributed by atoms with E-state index in [1.807, 2.05) is 6.07 Å². The molecule has 68 valence electrons. The molecule has 0 heterocycles. The number of amides is 1. The minimum absolute atomic E-state index is 0.0796. The first-order valence-corrected chi connectivity index (χ1v) is 3.73. The van der Waals surface area contributed by atoms with Crippen LogP contribution in [-0.2, 0) is 4.79 Å². The maximum absolute atomic E-state index is 11.4. The third-order valence-electron chi connectivity index (χ3n) is 1.60. The van der Waals surface area contributed by atoms with Gasteiger partial charge in [0, 0.05) is 13.6 Å². The molecular weight excluding hydrogens is 156 g/mol. The largest absolute Gasteiger partial charge is 0.395 e. The zero-order chi connectivity index (χ0) is 9.78. The van der Waals surface area contributed by atoms with Gasteiger partial charge in [0.25, 0.3) is 0 Å². The third-order valence-corrected chi connectivity index (χ3v) is 1.60. The second kappa shape index (κ2) is 4.07. The Bertz CT molecular complexity index is 206. The molecule has 4 nitrogen and oxygen atoms in total. The molecule has 0 aromatic heterocycles. The van der Waals surface area contributed by atoms with E-state index in [1.54, 1.807) is 20.9 Å². The average molecular weight is 170 g/mol. The van der Waals surface area contributed by atoms with E-state index in [1.165, 1.54) is 4.90 Å². The van der Waals surface area contributed by atoms with E-state index in [4.69, 9.17) is 10.4 Å². The van der Waals surface area contributed by atoms with Gasteiger partial charge in [-0.3, -0.25) is 4.79 Å². The Kier molecular flexibility index (Phi) is 3.71. The molecule has 0 radical (unpaired) electrons. The Labute approximate surface area is 72.4 Å². The van der Waals surface area contributed by atoms with Crippen LogP contribution < -0.4 is 0 Å². The van der Waals surface area contributed by atoms with Crippen LogP contribution in [-0.4, -0.2) is 36.1 Å². The van der Waals surface area contributed by atoms with Gasteiger partial charge in [-0.2, -0.15) is 5.26 Å². The van der Waals surface area contributed by atoms with Gasteiger partial charge in [0.05, 0.1) is 12.7 Å². The standard InChI is InChI=1S/C8H14N2O2/c1-8(2,6-9)7(12)10(3)4-5-11/h11H,4-5H2,1-3H3. The summed E-state index contributed by atoms with van der Waals surface area (Å²) in [6.45, 7) is 3.31. The van der Waals surface area contributed by atoms with Crippen LogP contribution in [0.4, 0.5) is 0 Å². The summed E-state index contributed by atoms with van der Waals surface area (Å²) in [6.07, 6.45) is 0. The minimum atomic E-state index is -0.996. The number of hydrogen-bond donors (Lipinski definition) is 1. The number of hydrogen-bond acceptors (Lipinski definition) is 3. The molecule has 0 aromatic rings. The molecule has 1 amide bonds. The second-order valence-corrected chi connectivity index (χ2v) is 3.19. The lowest BCUT2D eigenvalue weighted by Crippen LogP contribution is -2.39.